The Morgan fingerprint density at radius 2 is 1.86 bits per heavy atom. The minimum absolute atomic E-state index is 0.0870. The Balaban J connectivity index is 1.21. The summed E-state index contributed by atoms with van der Waals surface area (Å²) in [6, 6.07) is 9.23. The van der Waals surface area contributed by atoms with Crippen molar-refractivity contribution in [2.45, 2.75) is 56.5 Å². The smallest absolute Gasteiger partial charge is 0.243 e. The maximum absolute atomic E-state index is 13.0. The number of sulfonamides is 1. The lowest BCUT2D eigenvalue weighted by Gasteiger charge is -2.33. The number of piperidine rings is 1. The predicted octanol–water partition coefficient (Wildman–Crippen LogP) is 2.79. The van der Waals surface area contributed by atoms with E-state index in [-0.39, 0.29) is 29.8 Å². The van der Waals surface area contributed by atoms with E-state index in [1.165, 1.54) is 42.8 Å². The SMILES string of the molecule is COc1ccc(S(=O)(=O)N(C)CCC(=O)NC2CCN(c3ccc(CN4CCCC4)cn3)CC2)c(C)c1. The summed E-state index contributed by atoms with van der Waals surface area (Å²) in [4.78, 5) is 22.2. The van der Waals surface area contributed by atoms with E-state index in [0.29, 0.717) is 11.3 Å². The lowest BCUT2D eigenvalue weighted by Crippen LogP contribution is -2.45. The molecule has 10 heteroatoms. The molecule has 37 heavy (non-hydrogen) atoms. The van der Waals surface area contributed by atoms with E-state index in [9.17, 15) is 13.2 Å². The molecular weight excluding hydrogens is 490 g/mol. The van der Waals surface area contributed by atoms with E-state index in [2.05, 4.69) is 32.2 Å². The summed E-state index contributed by atoms with van der Waals surface area (Å²) in [5.41, 5.74) is 1.86. The zero-order valence-corrected chi connectivity index (χ0v) is 23.0. The maximum atomic E-state index is 13.0. The number of anilines is 1. The van der Waals surface area contributed by atoms with Gasteiger partial charge in [-0.05, 0) is 81.1 Å². The van der Waals surface area contributed by atoms with Gasteiger partial charge < -0.3 is 15.0 Å². The van der Waals surface area contributed by atoms with Crippen LogP contribution in [-0.2, 0) is 21.4 Å². The number of carbonyl (C=O) groups excluding carboxylic acids is 1. The Labute approximate surface area is 220 Å². The highest BCUT2D eigenvalue weighted by atomic mass is 32.2. The average molecular weight is 530 g/mol. The van der Waals surface area contributed by atoms with Crippen molar-refractivity contribution in [2.75, 3.05) is 51.8 Å². The van der Waals surface area contributed by atoms with Crippen molar-refractivity contribution < 1.29 is 17.9 Å². The number of nitrogens with zero attached hydrogens (tertiary/aromatic N) is 4. The Bertz CT molecular complexity index is 1160. The molecular formula is C27H39N5O4S. The second kappa shape index (κ2) is 12.2. The van der Waals surface area contributed by atoms with Crippen molar-refractivity contribution >= 4 is 21.7 Å². The average Bonchev–Trinajstić information content (AvgIpc) is 3.41. The van der Waals surface area contributed by atoms with Gasteiger partial charge >= 0.3 is 0 Å². The summed E-state index contributed by atoms with van der Waals surface area (Å²) in [5, 5.41) is 3.08. The molecule has 0 atom stereocenters. The number of amides is 1. The molecule has 2 aromatic rings. The quantitative estimate of drug-likeness (QED) is 0.506. The molecule has 0 bridgehead atoms. The number of ether oxygens (including phenoxy) is 1. The normalized spacial score (nSPS) is 17.4. The molecule has 202 valence electrons. The van der Waals surface area contributed by atoms with Crippen LogP contribution in [0.3, 0.4) is 0 Å². The third-order valence-electron chi connectivity index (χ3n) is 7.32. The number of benzene rings is 1. The topological polar surface area (TPSA) is 95.1 Å². The minimum atomic E-state index is -3.69. The van der Waals surface area contributed by atoms with Crippen LogP contribution < -0.4 is 15.0 Å². The van der Waals surface area contributed by atoms with Crippen LogP contribution in [0.4, 0.5) is 5.82 Å². The third-order valence-corrected chi connectivity index (χ3v) is 9.34. The molecule has 0 spiro atoms. The fourth-order valence-corrected chi connectivity index (χ4v) is 6.41. The molecule has 4 rings (SSSR count). The van der Waals surface area contributed by atoms with Gasteiger partial charge in [0.2, 0.25) is 15.9 Å². The van der Waals surface area contributed by atoms with E-state index >= 15 is 0 Å². The number of carbonyl (C=O) groups is 1. The highest BCUT2D eigenvalue weighted by Crippen LogP contribution is 2.24. The number of likely N-dealkylation sites (tertiary alicyclic amines) is 1. The largest absolute Gasteiger partial charge is 0.497 e. The van der Waals surface area contributed by atoms with Gasteiger partial charge in [-0.15, -0.1) is 0 Å². The Morgan fingerprint density at radius 1 is 1.14 bits per heavy atom. The number of nitrogens with one attached hydrogen (secondary N) is 1. The van der Waals surface area contributed by atoms with Crippen molar-refractivity contribution in [1.29, 1.82) is 0 Å². The minimum Gasteiger partial charge on any atom is -0.497 e. The number of hydrogen-bond donors (Lipinski definition) is 1. The highest BCUT2D eigenvalue weighted by molar-refractivity contribution is 7.89. The van der Waals surface area contributed by atoms with Crippen LogP contribution in [0.25, 0.3) is 0 Å². The first kappa shape index (κ1) is 27.3. The lowest BCUT2D eigenvalue weighted by molar-refractivity contribution is -0.122. The summed E-state index contributed by atoms with van der Waals surface area (Å²) in [6.07, 6.45) is 6.35. The fourth-order valence-electron chi connectivity index (χ4n) is 5.03. The van der Waals surface area contributed by atoms with Crippen LogP contribution in [0.2, 0.25) is 0 Å². The molecule has 1 aromatic carbocycles. The first-order valence-corrected chi connectivity index (χ1v) is 14.5. The van der Waals surface area contributed by atoms with Crippen LogP contribution in [0.5, 0.6) is 5.75 Å². The zero-order valence-electron chi connectivity index (χ0n) is 22.1. The van der Waals surface area contributed by atoms with E-state index in [1.54, 1.807) is 32.2 Å². The predicted molar refractivity (Wildman–Crippen MR) is 144 cm³/mol. The Morgan fingerprint density at radius 3 is 2.49 bits per heavy atom. The number of aryl methyl sites for hydroxylation is 1. The molecule has 2 fully saturated rings. The monoisotopic (exact) mass is 529 g/mol. The van der Waals surface area contributed by atoms with E-state index in [4.69, 9.17) is 4.74 Å². The van der Waals surface area contributed by atoms with Gasteiger partial charge in [0.15, 0.2) is 0 Å². The summed E-state index contributed by atoms with van der Waals surface area (Å²) < 4.78 is 32.3. The summed E-state index contributed by atoms with van der Waals surface area (Å²) in [5.74, 6) is 1.46. The van der Waals surface area contributed by atoms with Gasteiger partial charge in [-0.3, -0.25) is 9.69 Å². The van der Waals surface area contributed by atoms with Gasteiger partial charge in [0.1, 0.15) is 11.6 Å². The van der Waals surface area contributed by atoms with Gasteiger partial charge in [0.05, 0.1) is 12.0 Å². The van der Waals surface area contributed by atoms with Crippen LogP contribution in [-0.4, -0.2) is 81.4 Å². The molecule has 0 saturated carbocycles. The zero-order chi connectivity index (χ0) is 26.4. The van der Waals surface area contributed by atoms with Crippen molar-refractivity contribution in [1.82, 2.24) is 19.5 Å². The van der Waals surface area contributed by atoms with Crippen molar-refractivity contribution in [2.24, 2.45) is 0 Å². The van der Waals surface area contributed by atoms with E-state index in [0.717, 1.165) is 38.3 Å². The standard InChI is InChI=1S/C27H39N5O4S/c1-21-18-24(36-3)7-8-25(21)37(34,35)30(2)15-12-27(33)29-23-10-16-32(17-11-23)26-9-6-22(19-28-26)20-31-13-4-5-14-31/h6-9,18-19,23H,4-5,10-17,20H2,1-3H3,(H,29,33). The van der Waals surface area contributed by atoms with Gasteiger partial charge in [0, 0.05) is 51.9 Å². The molecule has 2 aliphatic rings. The summed E-state index contributed by atoms with van der Waals surface area (Å²) >= 11 is 0. The Kier molecular flexibility index (Phi) is 9.04. The summed E-state index contributed by atoms with van der Waals surface area (Å²) in [7, 11) is -0.638. The van der Waals surface area contributed by atoms with Gasteiger partial charge in [-0.1, -0.05) is 6.07 Å². The van der Waals surface area contributed by atoms with Crippen molar-refractivity contribution in [3.8, 4) is 5.75 Å². The van der Waals surface area contributed by atoms with Gasteiger partial charge in [-0.2, -0.15) is 0 Å². The Hall–Kier alpha value is -2.69. The lowest BCUT2D eigenvalue weighted by atomic mass is 10.0. The fraction of sp³-hybridized carbons (Fsp3) is 0.556. The number of methoxy groups -OCH3 is 1. The van der Waals surface area contributed by atoms with Gasteiger partial charge in [-0.25, -0.2) is 17.7 Å². The maximum Gasteiger partial charge on any atom is 0.243 e. The molecule has 2 aliphatic heterocycles. The van der Waals surface area contributed by atoms with E-state index < -0.39 is 10.0 Å². The van der Waals surface area contributed by atoms with Gasteiger partial charge in [0.25, 0.3) is 0 Å². The van der Waals surface area contributed by atoms with Crippen LogP contribution in [0.15, 0.2) is 41.4 Å². The number of pyridine rings is 1. The second-order valence-electron chi connectivity index (χ2n) is 10.0. The van der Waals surface area contributed by atoms with Crippen LogP contribution >= 0.6 is 0 Å². The van der Waals surface area contributed by atoms with Crippen molar-refractivity contribution in [3.05, 3.63) is 47.7 Å². The molecule has 2 saturated heterocycles. The van der Waals surface area contributed by atoms with Crippen molar-refractivity contribution in [3.63, 3.8) is 0 Å². The number of hydrogen-bond acceptors (Lipinski definition) is 7. The summed E-state index contributed by atoms with van der Waals surface area (Å²) in [6.45, 7) is 6.83. The first-order valence-electron chi connectivity index (χ1n) is 13.1. The first-order chi connectivity index (χ1) is 17.8. The molecule has 1 N–H and O–H groups in total. The van der Waals surface area contributed by atoms with Crippen LogP contribution in [0.1, 0.15) is 43.2 Å². The molecule has 1 aromatic heterocycles. The molecule has 0 unspecified atom stereocenters. The van der Waals surface area contributed by atoms with E-state index in [1.807, 2.05) is 6.20 Å². The van der Waals surface area contributed by atoms with Crippen LogP contribution in [0, 0.1) is 6.92 Å². The molecule has 1 amide bonds. The molecule has 9 nitrogen and oxygen atoms in total. The highest BCUT2D eigenvalue weighted by Gasteiger charge is 2.25. The third kappa shape index (κ3) is 7.00. The second-order valence-corrected chi connectivity index (χ2v) is 12.1. The number of rotatable bonds is 10. The molecule has 0 aliphatic carbocycles. The molecule has 0 radical (unpaired) electrons. The number of aromatic nitrogens is 1. The molecule has 3 heterocycles.